The van der Waals surface area contributed by atoms with Crippen LogP contribution in [0.25, 0.3) is 0 Å². The number of amides is 1. The third-order valence-electron chi connectivity index (χ3n) is 3.75. The molecule has 0 spiro atoms. The summed E-state index contributed by atoms with van der Waals surface area (Å²) in [6, 6.07) is 6.06. The van der Waals surface area contributed by atoms with Gasteiger partial charge in [0.05, 0.1) is 0 Å². The molecule has 0 aliphatic rings. The van der Waals surface area contributed by atoms with E-state index in [-0.39, 0.29) is 17.8 Å². The number of carbonyl (C=O) groups excluding carboxylic acids is 1. The molecular weight excluding hydrogens is 265 g/mol. The summed E-state index contributed by atoms with van der Waals surface area (Å²) in [4.78, 5) is 14.5. The first-order valence-corrected chi connectivity index (χ1v) is 7.81. The average Bonchev–Trinajstić information content (AvgIpc) is 2.50. The van der Waals surface area contributed by atoms with Crippen molar-refractivity contribution >= 4 is 5.91 Å². The van der Waals surface area contributed by atoms with Crippen LogP contribution in [0, 0.1) is 5.82 Å². The van der Waals surface area contributed by atoms with Crippen LogP contribution in [-0.2, 0) is 0 Å². The van der Waals surface area contributed by atoms with Gasteiger partial charge in [0.15, 0.2) is 0 Å². The van der Waals surface area contributed by atoms with Gasteiger partial charge in [0, 0.05) is 18.2 Å². The highest BCUT2D eigenvalue weighted by atomic mass is 19.1. The molecule has 2 nitrogen and oxygen atoms in total. The smallest absolute Gasteiger partial charge is 0.254 e. The number of hydrogen-bond donors (Lipinski definition) is 0. The fraction of sp³-hybridized carbons (Fsp3) is 0.500. The van der Waals surface area contributed by atoms with Crippen molar-refractivity contribution in [1.29, 1.82) is 0 Å². The number of nitrogens with zero attached hydrogens (tertiary/aromatic N) is 1. The van der Waals surface area contributed by atoms with Crippen molar-refractivity contribution in [2.75, 3.05) is 6.54 Å². The lowest BCUT2D eigenvalue weighted by Gasteiger charge is -2.30. The van der Waals surface area contributed by atoms with Crippen molar-refractivity contribution in [2.45, 2.75) is 52.5 Å². The van der Waals surface area contributed by atoms with E-state index >= 15 is 0 Å². The van der Waals surface area contributed by atoms with Gasteiger partial charge in [0.25, 0.3) is 5.91 Å². The van der Waals surface area contributed by atoms with Gasteiger partial charge >= 0.3 is 0 Å². The number of carbonyl (C=O) groups is 1. The lowest BCUT2D eigenvalue weighted by Crippen LogP contribution is -2.39. The van der Waals surface area contributed by atoms with Gasteiger partial charge < -0.3 is 4.90 Å². The molecule has 0 saturated carbocycles. The van der Waals surface area contributed by atoms with Gasteiger partial charge in [-0.25, -0.2) is 4.39 Å². The van der Waals surface area contributed by atoms with Crippen LogP contribution in [0.5, 0.6) is 0 Å². The molecule has 1 amide bonds. The van der Waals surface area contributed by atoms with Gasteiger partial charge in [-0.1, -0.05) is 19.1 Å². The first kappa shape index (κ1) is 17.4. The zero-order valence-corrected chi connectivity index (χ0v) is 13.3. The Morgan fingerprint density at radius 1 is 1.29 bits per heavy atom. The fourth-order valence-electron chi connectivity index (χ4n) is 2.54. The van der Waals surface area contributed by atoms with Crippen molar-refractivity contribution in [3.8, 4) is 0 Å². The Balaban J connectivity index is 2.73. The first-order valence-electron chi connectivity index (χ1n) is 7.81. The number of benzene rings is 1. The number of halogens is 1. The summed E-state index contributed by atoms with van der Waals surface area (Å²) in [7, 11) is 0. The van der Waals surface area contributed by atoms with Crippen molar-refractivity contribution < 1.29 is 9.18 Å². The Bertz CT molecular complexity index is 453. The predicted molar refractivity (Wildman–Crippen MR) is 85.9 cm³/mol. The summed E-state index contributed by atoms with van der Waals surface area (Å²) >= 11 is 0. The molecule has 1 unspecified atom stereocenters. The minimum absolute atomic E-state index is 0.00427. The van der Waals surface area contributed by atoms with Gasteiger partial charge in [-0.15, -0.1) is 0 Å². The van der Waals surface area contributed by atoms with Crippen molar-refractivity contribution in [3.63, 3.8) is 0 Å². The molecule has 0 radical (unpaired) electrons. The zero-order valence-electron chi connectivity index (χ0n) is 13.3. The lowest BCUT2D eigenvalue weighted by atomic mass is 10.0. The largest absolute Gasteiger partial charge is 0.336 e. The second-order valence-electron chi connectivity index (χ2n) is 5.16. The minimum Gasteiger partial charge on any atom is -0.336 e. The van der Waals surface area contributed by atoms with Gasteiger partial charge in [-0.05, 0) is 63.8 Å². The van der Waals surface area contributed by atoms with E-state index in [4.69, 9.17) is 0 Å². The minimum atomic E-state index is -0.312. The van der Waals surface area contributed by atoms with Gasteiger partial charge in [0.2, 0.25) is 0 Å². The molecule has 0 fully saturated rings. The van der Waals surface area contributed by atoms with E-state index in [0.717, 1.165) is 25.7 Å². The third-order valence-corrected chi connectivity index (χ3v) is 3.75. The van der Waals surface area contributed by atoms with Gasteiger partial charge in [0.1, 0.15) is 5.82 Å². The molecule has 0 aliphatic heterocycles. The summed E-state index contributed by atoms with van der Waals surface area (Å²) < 4.78 is 13.0. The number of allylic oxidation sites excluding steroid dienone is 2. The van der Waals surface area contributed by atoms with Gasteiger partial charge in [-0.3, -0.25) is 4.79 Å². The van der Waals surface area contributed by atoms with Crippen LogP contribution in [0.4, 0.5) is 4.39 Å². The van der Waals surface area contributed by atoms with Crippen molar-refractivity contribution in [2.24, 2.45) is 0 Å². The Kier molecular flexibility index (Phi) is 7.73. The molecule has 1 atom stereocenters. The van der Waals surface area contributed by atoms with Crippen LogP contribution in [0.15, 0.2) is 36.4 Å². The van der Waals surface area contributed by atoms with Gasteiger partial charge in [-0.2, -0.15) is 0 Å². The molecule has 1 aromatic carbocycles. The Labute approximate surface area is 127 Å². The van der Waals surface area contributed by atoms with Crippen LogP contribution in [0.2, 0.25) is 0 Å². The Morgan fingerprint density at radius 3 is 2.48 bits per heavy atom. The predicted octanol–water partition coefficient (Wildman–Crippen LogP) is 4.81. The monoisotopic (exact) mass is 291 g/mol. The maximum Gasteiger partial charge on any atom is 0.254 e. The molecule has 0 saturated heterocycles. The van der Waals surface area contributed by atoms with E-state index in [2.05, 4.69) is 19.1 Å². The standard InChI is InChI=1S/C18H26FNO/c1-4-7-8-9-10-17(5-2)20(6-3)18(21)15-11-13-16(19)14-12-15/h4,7,11-14,17H,5-6,8-10H2,1-3H3. The van der Waals surface area contributed by atoms with E-state index < -0.39 is 0 Å². The highest BCUT2D eigenvalue weighted by Gasteiger charge is 2.21. The molecule has 0 aromatic heterocycles. The number of hydrogen-bond acceptors (Lipinski definition) is 1. The summed E-state index contributed by atoms with van der Waals surface area (Å²) in [5.41, 5.74) is 0.560. The van der Waals surface area contributed by atoms with Crippen LogP contribution in [0.3, 0.4) is 0 Å². The molecular formula is C18H26FNO. The topological polar surface area (TPSA) is 20.3 Å². The van der Waals surface area contributed by atoms with Crippen molar-refractivity contribution in [3.05, 3.63) is 47.8 Å². The van der Waals surface area contributed by atoms with Crippen LogP contribution >= 0.6 is 0 Å². The van der Waals surface area contributed by atoms with E-state index in [9.17, 15) is 9.18 Å². The van der Waals surface area contributed by atoms with Crippen LogP contribution < -0.4 is 0 Å². The highest BCUT2D eigenvalue weighted by Crippen LogP contribution is 2.16. The molecule has 0 heterocycles. The molecule has 0 N–H and O–H groups in total. The Morgan fingerprint density at radius 2 is 1.95 bits per heavy atom. The fourth-order valence-corrected chi connectivity index (χ4v) is 2.54. The molecule has 0 aliphatic carbocycles. The molecule has 1 aromatic rings. The summed E-state index contributed by atoms with van der Waals surface area (Å²) in [6.45, 7) is 6.81. The highest BCUT2D eigenvalue weighted by molar-refractivity contribution is 5.94. The Hall–Kier alpha value is -1.64. The summed E-state index contributed by atoms with van der Waals surface area (Å²) in [5.74, 6) is -0.316. The van der Waals surface area contributed by atoms with E-state index in [0.29, 0.717) is 12.1 Å². The van der Waals surface area contributed by atoms with E-state index in [1.807, 2.05) is 18.7 Å². The average molecular weight is 291 g/mol. The first-order chi connectivity index (χ1) is 10.1. The maximum atomic E-state index is 13.0. The summed E-state index contributed by atoms with van der Waals surface area (Å²) in [5, 5.41) is 0. The lowest BCUT2D eigenvalue weighted by molar-refractivity contribution is 0.0673. The SMILES string of the molecule is CC=CCCCC(CC)N(CC)C(=O)c1ccc(F)cc1. The normalized spacial score (nSPS) is 12.6. The van der Waals surface area contributed by atoms with E-state index in [1.165, 1.54) is 12.1 Å². The van der Waals surface area contributed by atoms with E-state index in [1.54, 1.807) is 12.1 Å². The number of unbranched alkanes of at least 4 members (excludes halogenated alkanes) is 1. The van der Waals surface area contributed by atoms with Crippen LogP contribution in [0.1, 0.15) is 56.8 Å². The molecule has 116 valence electrons. The quantitative estimate of drug-likeness (QED) is 0.497. The second kappa shape index (κ2) is 9.32. The molecule has 1 rings (SSSR count). The third kappa shape index (κ3) is 5.33. The van der Waals surface area contributed by atoms with Crippen molar-refractivity contribution in [1.82, 2.24) is 4.90 Å². The molecule has 21 heavy (non-hydrogen) atoms. The maximum absolute atomic E-state index is 13.0. The molecule has 0 bridgehead atoms. The molecule has 3 heteroatoms. The second-order valence-corrected chi connectivity index (χ2v) is 5.16. The summed E-state index contributed by atoms with van der Waals surface area (Å²) in [6.07, 6.45) is 8.29. The number of rotatable bonds is 8. The zero-order chi connectivity index (χ0) is 15.7. The van der Waals surface area contributed by atoms with Crippen LogP contribution in [-0.4, -0.2) is 23.4 Å².